The molecule has 0 amide bonds. The van der Waals surface area contributed by atoms with E-state index in [0.29, 0.717) is 0 Å². The molecule has 0 aliphatic heterocycles. The highest BCUT2D eigenvalue weighted by Gasteiger charge is 2.37. The minimum absolute atomic E-state index is 0.0836. The second-order valence-electron chi connectivity index (χ2n) is 4.83. The molecule has 1 atom stereocenters. The van der Waals surface area contributed by atoms with Crippen molar-refractivity contribution in [1.29, 1.82) is 0 Å². The molecule has 2 N–H and O–H groups in total. The van der Waals surface area contributed by atoms with Crippen LogP contribution in [-0.2, 0) is 0 Å². The van der Waals surface area contributed by atoms with E-state index in [1.807, 2.05) is 36.4 Å². The van der Waals surface area contributed by atoms with Crippen LogP contribution in [0.2, 0.25) is 0 Å². The Morgan fingerprint density at radius 1 is 0.750 bits per heavy atom. The quantitative estimate of drug-likeness (QED) is 0.647. The van der Waals surface area contributed by atoms with Gasteiger partial charge in [-0.25, -0.2) is 0 Å². The summed E-state index contributed by atoms with van der Waals surface area (Å²) in [6.45, 7) is 0. The molecule has 4 heteroatoms. The maximum Gasteiger partial charge on any atom is 0.407 e. The standard InChI is InChI=1S/C16H12F3N/c17-16(18,19)15(20)13-6-5-12-7-10-3-1-2-4-11(10)8-14(12)9-13/h1-9,15H,20H2/t15-/m0/s1. The van der Waals surface area contributed by atoms with Crippen molar-refractivity contribution >= 4 is 21.5 Å². The molecule has 3 rings (SSSR count). The maximum atomic E-state index is 12.7. The number of hydrogen-bond donors (Lipinski definition) is 1. The van der Waals surface area contributed by atoms with Crippen molar-refractivity contribution in [3.05, 3.63) is 60.2 Å². The van der Waals surface area contributed by atoms with E-state index >= 15 is 0 Å². The Balaban J connectivity index is 2.18. The van der Waals surface area contributed by atoms with Crippen LogP contribution in [-0.4, -0.2) is 6.18 Å². The maximum absolute atomic E-state index is 12.7. The second kappa shape index (κ2) is 4.49. The third-order valence-electron chi connectivity index (χ3n) is 3.44. The number of alkyl halides is 3. The predicted molar refractivity (Wildman–Crippen MR) is 74.4 cm³/mol. The third kappa shape index (κ3) is 2.23. The summed E-state index contributed by atoms with van der Waals surface area (Å²) in [4.78, 5) is 0. The summed E-state index contributed by atoms with van der Waals surface area (Å²) in [5.41, 5.74) is 5.33. The Hall–Kier alpha value is -2.07. The van der Waals surface area contributed by atoms with E-state index in [1.54, 1.807) is 6.07 Å². The number of nitrogens with two attached hydrogens (primary N) is 1. The second-order valence-corrected chi connectivity index (χ2v) is 4.83. The van der Waals surface area contributed by atoms with Crippen LogP contribution in [0.25, 0.3) is 21.5 Å². The minimum Gasteiger partial charge on any atom is -0.316 e. The molecule has 0 bridgehead atoms. The van der Waals surface area contributed by atoms with Gasteiger partial charge in [0.05, 0.1) is 0 Å². The molecule has 0 aliphatic carbocycles. The van der Waals surface area contributed by atoms with E-state index in [9.17, 15) is 13.2 Å². The fourth-order valence-electron chi connectivity index (χ4n) is 2.34. The zero-order valence-corrected chi connectivity index (χ0v) is 10.5. The highest BCUT2D eigenvalue weighted by Crippen LogP contribution is 2.32. The smallest absolute Gasteiger partial charge is 0.316 e. The van der Waals surface area contributed by atoms with Crippen molar-refractivity contribution < 1.29 is 13.2 Å². The summed E-state index contributed by atoms with van der Waals surface area (Å²) < 4.78 is 38.0. The number of hydrogen-bond acceptors (Lipinski definition) is 1. The van der Waals surface area contributed by atoms with Gasteiger partial charge in [0.25, 0.3) is 0 Å². The third-order valence-corrected chi connectivity index (χ3v) is 3.44. The number of benzene rings is 3. The van der Waals surface area contributed by atoms with Crippen LogP contribution in [0.4, 0.5) is 13.2 Å². The molecular weight excluding hydrogens is 263 g/mol. The number of rotatable bonds is 1. The molecule has 0 heterocycles. The summed E-state index contributed by atoms with van der Waals surface area (Å²) in [5, 5.41) is 3.73. The summed E-state index contributed by atoms with van der Waals surface area (Å²) in [6.07, 6.45) is -4.43. The van der Waals surface area contributed by atoms with Crippen molar-refractivity contribution in [3.63, 3.8) is 0 Å². The van der Waals surface area contributed by atoms with Gasteiger partial charge in [0.1, 0.15) is 6.04 Å². The molecule has 0 fully saturated rings. The first-order valence-electron chi connectivity index (χ1n) is 6.20. The summed E-state index contributed by atoms with van der Waals surface area (Å²) in [7, 11) is 0. The van der Waals surface area contributed by atoms with Gasteiger partial charge >= 0.3 is 6.18 Å². The topological polar surface area (TPSA) is 26.0 Å². The van der Waals surface area contributed by atoms with E-state index < -0.39 is 12.2 Å². The van der Waals surface area contributed by atoms with Crippen LogP contribution < -0.4 is 5.73 Å². The van der Waals surface area contributed by atoms with E-state index in [2.05, 4.69) is 0 Å². The van der Waals surface area contributed by atoms with E-state index in [4.69, 9.17) is 5.73 Å². The Kier molecular flexibility index (Phi) is 2.91. The minimum atomic E-state index is -4.43. The van der Waals surface area contributed by atoms with Crippen LogP contribution in [0.3, 0.4) is 0 Å². The van der Waals surface area contributed by atoms with Gasteiger partial charge in [-0.1, -0.05) is 36.4 Å². The fraction of sp³-hybridized carbons (Fsp3) is 0.125. The van der Waals surface area contributed by atoms with Crippen molar-refractivity contribution in [2.45, 2.75) is 12.2 Å². The average Bonchev–Trinajstić information content (AvgIpc) is 2.42. The zero-order chi connectivity index (χ0) is 14.3. The number of fused-ring (bicyclic) bond motifs is 2. The predicted octanol–water partition coefficient (Wildman–Crippen LogP) is 4.56. The molecule has 3 aromatic rings. The highest BCUT2D eigenvalue weighted by molar-refractivity contribution is 5.98. The summed E-state index contributed by atoms with van der Waals surface area (Å²) >= 11 is 0. The first-order chi connectivity index (χ1) is 9.45. The van der Waals surface area contributed by atoms with Gasteiger partial charge in [-0.2, -0.15) is 13.2 Å². The lowest BCUT2D eigenvalue weighted by molar-refractivity contribution is -0.149. The van der Waals surface area contributed by atoms with Crippen LogP contribution >= 0.6 is 0 Å². The lowest BCUT2D eigenvalue weighted by Crippen LogP contribution is -2.28. The Labute approximate surface area is 113 Å². The summed E-state index contributed by atoms with van der Waals surface area (Å²) in [5.74, 6) is 0. The van der Waals surface area contributed by atoms with Crippen molar-refractivity contribution in [2.75, 3.05) is 0 Å². The van der Waals surface area contributed by atoms with Gasteiger partial charge in [-0.15, -0.1) is 0 Å². The SMILES string of the molecule is N[C@@H](c1ccc2cc3ccccc3cc2c1)C(F)(F)F. The Morgan fingerprint density at radius 2 is 1.30 bits per heavy atom. The van der Waals surface area contributed by atoms with Crippen LogP contribution in [0.5, 0.6) is 0 Å². The molecule has 20 heavy (non-hydrogen) atoms. The van der Waals surface area contributed by atoms with Gasteiger partial charge in [0.15, 0.2) is 0 Å². The van der Waals surface area contributed by atoms with Crippen LogP contribution in [0.15, 0.2) is 54.6 Å². The molecule has 102 valence electrons. The molecule has 0 saturated carbocycles. The van der Waals surface area contributed by atoms with Gasteiger partial charge in [0.2, 0.25) is 0 Å². The zero-order valence-electron chi connectivity index (χ0n) is 10.5. The molecular formula is C16H12F3N. The first-order valence-corrected chi connectivity index (χ1v) is 6.20. The monoisotopic (exact) mass is 275 g/mol. The molecule has 3 aromatic carbocycles. The lowest BCUT2D eigenvalue weighted by atomic mass is 9.99. The summed E-state index contributed by atoms with van der Waals surface area (Å²) in [6, 6.07) is 14.3. The highest BCUT2D eigenvalue weighted by atomic mass is 19.4. The van der Waals surface area contributed by atoms with Crippen molar-refractivity contribution in [3.8, 4) is 0 Å². The molecule has 0 saturated heterocycles. The van der Waals surface area contributed by atoms with Gasteiger partial charge in [0, 0.05) is 0 Å². The van der Waals surface area contributed by atoms with E-state index in [0.717, 1.165) is 21.5 Å². The van der Waals surface area contributed by atoms with Crippen LogP contribution in [0, 0.1) is 0 Å². The molecule has 0 radical (unpaired) electrons. The first kappa shape index (κ1) is 12.9. The van der Waals surface area contributed by atoms with Crippen LogP contribution in [0.1, 0.15) is 11.6 Å². The van der Waals surface area contributed by atoms with E-state index in [1.165, 1.54) is 12.1 Å². The molecule has 0 aromatic heterocycles. The molecule has 0 spiro atoms. The molecule has 0 unspecified atom stereocenters. The number of halogens is 3. The van der Waals surface area contributed by atoms with Crippen molar-refractivity contribution in [2.24, 2.45) is 5.73 Å². The lowest BCUT2D eigenvalue weighted by Gasteiger charge is -2.16. The van der Waals surface area contributed by atoms with Gasteiger partial charge in [-0.3, -0.25) is 0 Å². The van der Waals surface area contributed by atoms with E-state index in [-0.39, 0.29) is 5.56 Å². The molecule has 0 aliphatic rings. The largest absolute Gasteiger partial charge is 0.407 e. The van der Waals surface area contributed by atoms with Gasteiger partial charge in [-0.05, 0) is 45.3 Å². The normalized spacial score (nSPS) is 13.8. The average molecular weight is 275 g/mol. The Morgan fingerprint density at radius 3 is 1.90 bits per heavy atom. The molecule has 1 nitrogen and oxygen atoms in total. The van der Waals surface area contributed by atoms with Crippen molar-refractivity contribution in [1.82, 2.24) is 0 Å². The van der Waals surface area contributed by atoms with Gasteiger partial charge < -0.3 is 5.73 Å². The Bertz CT molecular complexity index is 777. The fourth-order valence-corrected chi connectivity index (χ4v) is 2.34.